The summed E-state index contributed by atoms with van der Waals surface area (Å²) >= 11 is 0. The summed E-state index contributed by atoms with van der Waals surface area (Å²) in [7, 11) is 1.82. The highest BCUT2D eigenvalue weighted by Crippen LogP contribution is 2.28. The third-order valence-electron chi connectivity index (χ3n) is 3.49. The number of carbonyl (C=O) groups excluding carboxylic acids is 1. The molecule has 5 nitrogen and oxygen atoms in total. The molecule has 1 aliphatic carbocycles. The number of likely N-dealkylation sites (N-methyl/N-ethyl adjacent to an activating group) is 1. The molecule has 94 valence electrons. The van der Waals surface area contributed by atoms with Gasteiger partial charge in [0.1, 0.15) is 0 Å². The fourth-order valence-electron chi connectivity index (χ4n) is 2.39. The van der Waals surface area contributed by atoms with Crippen LogP contribution in [-0.4, -0.2) is 39.7 Å². The zero-order valence-electron chi connectivity index (χ0n) is 10.3. The number of carbonyl (C=O) groups is 1. The number of nitrogens with two attached hydrogens (primary N) is 1. The Balaban J connectivity index is 1.87. The van der Waals surface area contributed by atoms with Crippen molar-refractivity contribution in [2.24, 2.45) is 5.73 Å². The van der Waals surface area contributed by atoms with Crippen molar-refractivity contribution in [2.75, 3.05) is 13.6 Å². The summed E-state index contributed by atoms with van der Waals surface area (Å²) in [5.41, 5.74) is 5.53. The summed E-state index contributed by atoms with van der Waals surface area (Å²) in [4.78, 5) is 13.9. The van der Waals surface area contributed by atoms with Gasteiger partial charge in [0.15, 0.2) is 0 Å². The Labute approximate surface area is 102 Å². The van der Waals surface area contributed by atoms with Crippen molar-refractivity contribution in [3.8, 4) is 0 Å². The van der Waals surface area contributed by atoms with Gasteiger partial charge in [0.25, 0.3) is 0 Å². The fraction of sp³-hybridized carbons (Fsp3) is 0.667. The maximum atomic E-state index is 12.2. The van der Waals surface area contributed by atoms with Crippen LogP contribution in [0, 0.1) is 0 Å². The zero-order valence-corrected chi connectivity index (χ0v) is 10.3. The highest BCUT2D eigenvalue weighted by molar-refractivity contribution is 5.86. The van der Waals surface area contributed by atoms with Crippen LogP contribution in [0.2, 0.25) is 0 Å². The van der Waals surface area contributed by atoms with Gasteiger partial charge in [-0.2, -0.15) is 5.10 Å². The lowest BCUT2D eigenvalue weighted by Gasteiger charge is -2.28. The van der Waals surface area contributed by atoms with Gasteiger partial charge in [-0.05, 0) is 18.9 Å². The first-order valence-corrected chi connectivity index (χ1v) is 6.14. The normalized spacial score (nSPS) is 18.2. The van der Waals surface area contributed by atoms with Crippen molar-refractivity contribution in [3.05, 3.63) is 18.5 Å². The number of amides is 1. The summed E-state index contributed by atoms with van der Waals surface area (Å²) in [6, 6.07) is 1.88. The van der Waals surface area contributed by atoms with Gasteiger partial charge in [0.05, 0.1) is 12.1 Å². The van der Waals surface area contributed by atoms with Crippen LogP contribution in [0.1, 0.15) is 25.7 Å². The molecular formula is C12H20N4O. The molecule has 1 saturated carbocycles. The van der Waals surface area contributed by atoms with E-state index in [0.29, 0.717) is 13.1 Å². The van der Waals surface area contributed by atoms with Crippen molar-refractivity contribution in [2.45, 2.75) is 37.8 Å². The van der Waals surface area contributed by atoms with Crippen LogP contribution in [0.4, 0.5) is 0 Å². The summed E-state index contributed by atoms with van der Waals surface area (Å²) in [6.07, 6.45) is 7.40. The Morgan fingerprint density at radius 2 is 2.24 bits per heavy atom. The maximum Gasteiger partial charge on any atom is 0.242 e. The zero-order chi connectivity index (χ0) is 12.3. The minimum absolute atomic E-state index is 0.0714. The van der Waals surface area contributed by atoms with Gasteiger partial charge in [-0.1, -0.05) is 12.8 Å². The van der Waals surface area contributed by atoms with Crippen molar-refractivity contribution in [1.82, 2.24) is 14.7 Å². The van der Waals surface area contributed by atoms with E-state index in [1.165, 1.54) is 0 Å². The van der Waals surface area contributed by atoms with Gasteiger partial charge < -0.3 is 10.6 Å². The van der Waals surface area contributed by atoms with Crippen LogP contribution < -0.4 is 5.73 Å². The number of aromatic nitrogens is 2. The molecular weight excluding hydrogens is 216 g/mol. The van der Waals surface area contributed by atoms with Crippen LogP contribution in [0.5, 0.6) is 0 Å². The number of hydrogen-bond donors (Lipinski definition) is 1. The van der Waals surface area contributed by atoms with Crippen LogP contribution in [0.25, 0.3) is 0 Å². The molecule has 0 aromatic carbocycles. The second-order valence-corrected chi connectivity index (χ2v) is 4.86. The molecule has 0 bridgehead atoms. The predicted molar refractivity (Wildman–Crippen MR) is 65.3 cm³/mol. The number of hydrogen-bond acceptors (Lipinski definition) is 3. The van der Waals surface area contributed by atoms with Crippen LogP contribution in [0.15, 0.2) is 18.5 Å². The molecule has 2 rings (SSSR count). The Hall–Kier alpha value is -1.36. The molecule has 0 saturated heterocycles. The van der Waals surface area contributed by atoms with Crippen molar-refractivity contribution in [1.29, 1.82) is 0 Å². The molecule has 0 atom stereocenters. The molecule has 1 amide bonds. The van der Waals surface area contributed by atoms with Crippen LogP contribution in [-0.2, 0) is 11.3 Å². The molecule has 1 aliphatic rings. The smallest absolute Gasteiger partial charge is 0.242 e. The third kappa shape index (κ3) is 2.66. The summed E-state index contributed by atoms with van der Waals surface area (Å²) in [6.45, 7) is 1.37. The molecule has 5 heteroatoms. The first-order chi connectivity index (χ1) is 8.12. The van der Waals surface area contributed by atoms with Crippen molar-refractivity contribution < 1.29 is 4.79 Å². The van der Waals surface area contributed by atoms with Gasteiger partial charge in [-0.25, -0.2) is 0 Å². The Morgan fingerprint density at radius 3 is 2.82 bits per heavy atom. The van der Waals surface area contributed by atoms with Gasteiger partial charge in [0.2, 0.25) is 5.91 Å². The quantitative estimate of drug-likeness (QED) is 0.833. The summed E-state index contributed by atoms with van der Waals surface area (Å²) < 4.78 is 1.82. The Bertz CT molecular complexity index is 368. The molecule has 2 N–H and O–H groups in total. The van der Waals surface area contributed by atoms with Gasteiger partial charge in [-0.3, -0.25) is 9.48 Å². The molecule has 1 fully saturated rings. The molecule has 0 radical (unpaired) electrons. The molecule has 0 aliphatic heterocycles. The second kappa shape index (κ2) is 4.87. The third-order valence-corrected chi connectivity index (χ3v) is 3.49. The first kappa shape index (κ1) is 12.1. The van der Waals surface area contributed by atoms with Crippen molar-refractivity contribution >= 4 is 5.91 Å². The highest BCUT2D eigenvalue weighted by Gasteiger charge is 2.38. The van der Waals surface area contributed by atoms with E-state index in [0.717, 1.165) is 25.7 Å². The fourth-order valence-corrected chi connectivity index (χ4v) is 2.39. The average molecular weight is 236 g/mol. The Kier molecular flexibility index (Phi) is 3.47. The van der Waals surface area contributed by atoms with Crippen LogP contribution in [0.3, 0.4) is 0 Å². The van der Waals surface area contributed by atoms with E-state index in [4.69, 9.17) is 5.73 Å². The van der Waals surface area contributed by atoms with E-state index < -0.39 is 5.54 Å². The van der Waals surface area contributed by atoms with Gasteiger partial charge in [-0.15, -0.1) is 0 Å². The highest BCUT2D eigenvalue weighted by atomic mass is 16.2. The minimum Gasteiger partial charge on any atom is -0.342 e. The molecule has 1 aromatic rings. The average Bonchev–Trinajstić information content (AvgIpc) is 2.96. The van der Waals surface area contributed by atoms with E-state index in [9.17, 15) is 4.79 Å². The van der Waals surface area contributed by atoms with E-state index in [2.05, 4.69) is 5.10 Å². The summed E-state index contributed by atoms with van der Waals surface area (Å²) in [5, 5.41) is 4.11. The van der Waals surface area contributed by atoms with Gasteiger partial charge >= 0.3 is 0 Å². The Morgan fingerprint density at radius 1 is 1.53 bits per heavy atom. The van der Waals surface area contributed by atoms with E-state index >= 15 is 0 Å². The van der Waals surface area contributed by atoms with Gasteiger partial charge in [0, 0.05) is 26.0 Å². The number of nitrogens with zero attached hydrogens (tertiary/aromatic N) is 3. The maximum absolute atomic E-state index is 12.2. The monoisotopic (exact) mass is 236 g/mol. The molecule has 1 heterocycles. The molecule has 17 heavy (non-hydrogen) atoms. The largest absolute Gasteiger partial charge is 0.342 e. The first-order valence-electron chi connectivity index (χ1n) is 6.14. The lowest BCUT2D eigenvalue weighted by molar-refractivity contribution is -0.135. The number of rotatable bonds is 4. The lowest BCUT2D eigenvalue weighted by atomic mass is 9.97. The van der Waals surface area contributed by atoms with E-state index in [-0.39, 0.29) is 5.91 Å². The lowest BCUT2D eigenvalue weighted by Crippen LogP contribution is -2.52. The minimum atomic E-state index is -0.612. The topological polar surface area (TPSA) is 64.2 Å². The standard InChI is InChI=1S/C12H20N4O/c1-15(9-10-16-8-4-7-14-16)11(17)12(13)5-2-3-6-12/h4,7-8H,2-3,5-6,9-10,13H2,1H3. The summed E-state index contributed by atoms with van der Waals surface area (Å²) in [5.74, 6) is 0.0714. The second-order valence-electron chi connectivity index (χ2n) is 4.86. The van der Waals surface area contributed by atoms with Crippen LogP contribution >= 0.6 is 0 Å². The van der Waals surface area contributed by atoms with E-state index in [1.54, 1.807) is 11.1 Å². The molecule has 0 unspecified atom stereocenters. The molecule has 0 spiro atoms. The molecule has 1 aromatic heterocycles. The SMILES string of the molecule is CN(CCn1cccn1)C(=O)C1(N)CCCC1. The van der Waals surface area contributed by atoms with Crippen molar-refractivity contribution in [3.63, 3.8) is 0 Å². The predicted octanol–water partition coefficient (Wildman–Crippen LogP) is 0.613. The van der Waals surface area contributed by atoms with E-state index in [1.807, 2.05) is 24.0 Å².